The fourth-order valence-electron chi connectivity index (χ4n) is 3.06. The van der Waals surface area contributed by atoms with Gasteiger partial charge in [-0.25, -0.2) is 4.39 Å². The van der Waals surface area contributed by atoms with Crippen LogP contribution in [0.25, 0.3) is 0 Å². The van der Waals surface area contributed by atoms with E-state index in [1.165, 1.54) is 12.1 Å². The standard InChI is InChI=1S/C19H21ClFN3O/c1-12-9-16(7-8-22-12)23-14-3-2-4-15(11-14)24-19(25)17-6-5-13(21)10-18(17)20/h2-6,10-12,16,22-23H,7-9H2,1H3,(H,24,25)/t12-,16-/m0/s1. The molecule has 6 heteroatoms. The summed E-state index contributed by atoms with van der Waals surface area (Å²) >= 11 is 5.95. The summed E-state index contributed by atoms with van der Waals surface area (Å²) in [5.74, 6) is -0.832. The van der Waals surface area contributed by atoms with Crippen molar-refractivity contribution < 1.29 is 9.18 Å². The highest BCUT2D eigenvalue weighted by Crippen LogP contribution is 2.22. The Hall–Kier alpha value is -2.11. The normalized spacial score (nSPS) is 20.1. The Balaban J connectivity index is 1.67. The molecule has 3 rings (SSSR count). The lowest BCUT2D eigenvalue weighted by molar-refractivity contribution is 0.102. The average molecular weight is 362 g/mol. The van der Waals surface area contributed by atoms with Crippen LogP contribution in [-0.2, 0) is 0 Å². The molecule has 0 spiro atoms. The van der Waals surface area contributed by atoms with Gasteiger partial charge in [0.25, 0.3) is 5.91 Å². The zero-order chi connectivity index (χ0) is 17.8. The Kier molecular flexibility index (Phi) is 5.56. The van der Waals surface area contributed by atoms with Crippen LogP contribution in [0.5, 0.6) is 0 Å². The van der Waals surface area contributed by atoms with Gasteiger partial charge in [0.2, 0.25) is 0 Å². The molecule has 1 fully saturated rings. The van der Waals surface area contributed by atoms with Crippen molar-refractivity contribution in [2.24, 2.45) is 0 Å². The second-order valence-corrected chi connectivity index (χ2v) is 6.79. The first-order chi connectivity index (χ1) is 12.0. The number of nitrogens with one attached hydrogen (secondary N) is 3. The summed E-state index contributed by atoms with van der Waals surface area (Å²) in [4.78, 5) is 12.3. The minimum Gasteiger partial charge on any atom is -0.382 e. The number of amides is 1. The topological polar surface area (TPSA) is 53.2 Å². The summed E-state index contributed by atoms with van der Waals surface area (Å²) in [5.41, 5.74) is 1.87. The van der Waals surface area contributed by atoms with E-state index >= 15 is 0 Å². The van der Waals surface area contributed by atoms with E-state index in [1.807, 2.05) is 24.3 Å². The summed E-state index contributed by atoms with van der Waals surface area (Å²) in [7, 11) is 0. The number of carbonyl (C=O) groups is 1. The lowest BCUT2D eigenvalue weighted by Gasteiger charge is -2.29. The molecule has 2 atom stereocenters. The molecule has 0 bridgehead atoms. The Labute approximate surface area is 151 Å². The van der Waals surface area contributed by atoms with Gasteiger partial charge < -0.3 is 16.0 Å². The monoisotopic (exact) mass is 361 g/mol. The van der Waals surface area contributed by atoms with Gasteiger partial charge >= 0.3 is 0 Å². The first-order valence-corrected chi connectivity index (χ1v) is 8.75. The van der Waals surface area contributed by atoms with Crippen LogP contribution in [0.15, 0.2) is 42.5 Å². The van der Waals surface area contributed by atoms with Gasteiger partial charge in [-0.1, -0.05) is 17.7 Å². The van der Waals surface area contributed by atoms with Crippen molar-refractivity contribution in [1.82, 2.24) is 5.32 Å². The van der Waals surface area contributed by atoms with Gasteiger partial charge in [0.15, 0.2) is 0 Å². The first kappa shape index (κ1) is 17.7. The van der Waals surface area contributed by atoms with Crippen LogP contribution < -0.4 is 16.0 Å². The maximum Gasteiger partial charge on any atom is 0.257 e. The Morgan fingerprint density at radius 3 is 2.80 bits per heavy atom. The van der Waals surface area contributed by atoms with E-state index in [4.69, 9.17) is 11.6 Å². The molecular weight excluding hydrogens is 341 g/mol. The van der Waals surface area contributed by atoms with Gasteiger partial charge in [0.05, 0.1) is 10.6 Å². The van der Waals surface area contributed by atoms with Crippen molar-refractivity contribution in [3.8, 4) is 0 Å². The zero-order valence-corrected chi connectivity index (χ0v) is 14.7. The van der Waals surface area contributed by atoms with Gasteiger partial charge in [-0.3, -0.25) is 4.79 Å². The van der Waals surface area contributed by atoms with Crippen LogP contribution in [0, 0.1) is 5.82 Å². The third-order valence-electron chi connectivity index (χ3n) is 4.29. The van der Waals surface area contributed by atoms with Gasteiger partial charge in [-0.2, -0.15) is 0 Å². The van der Waals surface area contributed by atoms with Crippen molar-refractivity contribution in [3.05, 3.63) is 58.9 Å². The molecule has 25 heavy (non-hydrogen) atoms. The number of carbonyl (C=O) groups excluding carboxylic acids is 1. The summed E-state index contributed by atoms with van der Waals surface area (Å²) in [6.07, 6.45) is 2.12. The highest BCUT2D eigenvalue weighted by atomic mass is 35.5. The smallest absolute Gasteiger partial charge is 0.257 e. The molecule has 2 aromatic carbocycles. The largest absolute Gasteiger partial charge is 0.382 e. The van der Waals surface area contributed by atoms with Gasteiger partial charge in [0, 0.05) is 23.5 Å². The minimum atomic E-state index is -0.469. The molecule has 0 saturated carbocycles. The van der Waals surface area contributed by atoms with E-state index in [2.05, 4.69) is 22.9 Å². The molecule has 1 aliphatic heterocycles. The Bertz CT molecular complexity index is 768. The SMILES string of the molecule is C[C@H]1C[C@@H](Nc2cccc(NC(=O)c3ccc(F)cc3Cl)c2)CCN1. The van der Waals surface area contributed by atoms with E-state index < -0.39 is 5.82 Å². The molecule has 2 aromatic rings. The van der Waals surface area contributed by atoms with Crippen LogP contribution >= 0.6 is 11.6 Å². The molecule has 1 amide bonds. The molecule has 0 aromatic heterocycles. The maximum absolute atomic E-state index is 13.1. The van der Waals surface area contributed by atoms with Gasteiger partial charge in [-0.05, 0) is 62.7 Å². The third kappa shape index (κ3) is 4.71. The van der Waals surface area contributed by atoms with Crippen LogP contribution in [0.3, 0.4) is 0 Å². The molecule has 1 aliphatic rings. The van der Waals surface area contributed by atoms with Crippen molar-refractivity contribution in [2.45, 2.75) is 31.8 Å². The molecule has 3 N–H and O–H groups in total. The Morgan fingerprint density at radius 1 is 1.24 bits per heavy atom. The minimum absolute atomic E-state index is 0.0930. The summed E-state index contributed by atoms with van der Waals surface area (Å²) < 4.78 is 13.1. The van der Waals surface area contributed by atoms with Crippen LogP contribution in [0.2, 0.25) is 5.02 Å². The number of hydrogen-bond donors (Lipinski definition) is 3. The molecule has 132 valence electrons. The van der Waals surface area contributed by atoms with Crippen LogP contribution in [0.1, 0.15) is 30.1 Å². The van der Waals surface area contributed by atoms with Crippen LogP contribution in [0.4, 0.5) is 15.8 Å². The molecule has 0 unspecified atom stereocenters. The van der Waals surface area contributed by atoms with E-state index in [9.17, 15) is 9.18 Å². The number of piperidine rings is 1. The molecule has 1 heterocycles. The Morgan fingerprint density at radius 2 is 2.04 bits per heavy atom. The van der Waals surface area contributed by atoms with Crippen molar-refractivity contribution in [2.75, 3.05) is 17.2 Å². The van der Waals surface area contributed by atoms with E-state index in [1.54, 1.807) is 0 Å². The third-order valence-corrected chi connectivity index (χ3v) is 4.60. The molecule has 4 nitrogen and oxygen atoms in total. The fraction of sp³-hybridized carbons (Fsp3) is 0.316. The maximum atomic E-state index is 13.1. The number of halogens is 2. The zero-order valence-electron chi connectivity index (χ0n) is 14.0. The predicted octanol–water partition coefficient (Wildman–Crippen LogP) is 4.28. The molecule has 0 aliphatic carbocycles. The number of hydrogen-bond acceptors (Lipinski definition) is 3. The van der Waals surface area contributed by atoms with Gasteiger partial charge in [0.1, 0.15) is 5.82 Å². The van der Waals surface area contributed by atoms with Crippen molar-refractivity contribution in [1.29, 1.82) is 0 Å². The second kappa shape index (κ2) is 7.85. The number of benzene rings is 2. The van der Waals surface area contributed by atoms with E-state index in [0.29, 0.717) is 17.8 Å². The lowest BCUT2D eigenvalue weighted by atomic mass is 10.0. The summed E-state index contributed by atoms with van der Waals surface area (Å²) in [5, 5.41) is 9.84. The summed E-state index contributed by atoms with van der Waals surface area (Å²) in [6, 6.07) is 12.2. The van der Waals surface area contributed by atoms with Crippen LogP contribution in [-0.4, -0.2) is 24.5 Å². The molecule has 1 saturated heterocycles. The molecular formula is C19H21ClFN3O. The highest BCUT2D eigenvalue weighted by Gasteiger charge is 2.18. The quantitative estimate of drug-likeness (QED) is 0.761. The van der Waals surface area contributed by atoms with E-state index in [0.717, 1.165) is 31.1 Å². The predicted molar refractivity (Wildman–Crippen MR) is 99.9 cm³/mol. The fourth-order valence-corrected chi connectivity index (χ4v) is 3.31. The van der Waals surface area contributed by atoms with Gasteiger partial charge in [-0.15, -0.1) is 0 Å². The highest BCUT2D eigenvalue weighted by molar-refractivity contribution is 6.34. The summed E-state index contributed by atoms with van der Waals surface area (Å²) in [6.45, 7) is 3.18. The lowest BCUT2D eigenvalue weighted by Crippen LogP contribution is -2.41. The first-order valence-electron chi connectivity index (χ1n) is 8.37. The van der Waals surface area contributed by atoms with E-state index in [-0.39, 0.29) is 16.5 Å². The molecule has 0 radical (unpaired) electrons. The second-order valence-electron chi connectivity index (χ2n) is 6.38. The average Bonchev–Trinajstić information content (AvgIpc) is 2.55. The number of rotatable bonds is 4. The van der Waals surface area contributed by atoms with Crippen molar-refractivity contribution >= 4 is 28.9 Å². The number of anilines is 2. The van der Waals surface area contributed by atoms with Crippen molar-refractivity contribution in [3.63, 3.8) is 0 Å².